The minimum absolute atomic E-state index is 0.115. The van der Waals surface area contributed by atoms with Gasteiger partial charge in [0.15, 0.2) is 0 Å². The molecule has 1 aromatic carbocycles. The normalized spacial score (nSPS) is 10.7. The predicted molar refractivity (Wildman–Crippen MR) is 115 cm³/mol. The molecule has 150 valence electrons. The highest BCUT2D eigenvalue weighted by Gasteiger charge is 2.12. The molecule has 29 heavy (non-hydrogen) atoms. The lowest BCUT2D eigenvalue weighted by Crippen LogP contribution is -2.31. The van der Waals surface area contributed by atoms with Crippen LogP contribution in [-0.4, -0.2) is 34.5 Å². The Morgan fingerprint density at radius 2 is 1.79 bits per heavy atom. The van der Waals surface area contributed by atoms with Crippen LogP contribution in [0.5, 0.6) is 0 Å². The molecule has 0 unspecified atom stereocenters. The van der Waals surface area contributed by atoms with E-state index < -0.39 is 0 Å². The summed E-state index contributed by atoms with van der Waals surface area (Å²) in [4.78, 5) is 37.8. The Hall–Kier alpha value is -3.48. The first-order chi connectivity index (χ1) is 13.8. The molecule has 0 aliphatic rings. The van der Waals surface area contributed by atoms with Crippen LogP contribution in [0.25, 0.3) is 11.4 Å². The largest absolute Gasteiger partial charge is 0.350 e. The first-order valence-electron chi connectivity index (χ1n) is 9.37. The number of carbonyl (C=O) groups excluding carboxylic acids is 1. The third-order valence-electron chi connectivity index (χ3n) is 4.93. The van der Waals surface area contributed by atoms with Gasteiger partial charge in [-0.2, -0.15) is 0 Å². The summed E-state index contributed by atoms with van der Waals surface area (Å²) in [6.07, 6.45) is 1.64. The van der Waals surface area contributed by atoms with Crippen LogP contribution in [0.1, 0.15) is 22.4 Å². The van der Waals surface area contributed by atoms with Crippen LogP contribution >= 0.6 is 0 Å². The number of carbonyl (C=O) groups is 1. The molecule has 2 N–H and O–H groups in total. The van der Waals surface area contributed by atoms with Gasteiger partial charge in [-0.25, -0.2) is 9.97 Å². The SMILES string of the molecule is Cc1cccc(C)c1NC(=O)CN(C)c1ccc(-c2nc(C)c(C)c(=O)[nH]2)cn1. The fourth-order valence-electron chi connectivity index (χ4n) is 3.02. The topological polar surface area (TPSA) is 91.0 Å². The number of nitrogens with zero attached hydrogens (tertiary/aromatic N) is 3. The summed E-state index contributed by atoms with van der Waals surface area (Å²) in [5.74, 6) is 1.01. The maximum Gasteiger partial charge on any atom is 0.254 e. The third-order valence-corrected chi connectivity index (χ3v) is 4.93. The van der Waals surface area contributed by atoms with Crippen LogP contribution in [0, 0.1) is 27.7 Å². The minimum Gasteiger partial charge on any atom is -0.350 e. The minimum atomic E-state index is -0.156. The molecule has 0 aliphatic carbocycles. The fraction of sp³-hybridized carbons (Fsp3) is 0.273. The quantitative estimate of drug-likeness (QED) is 0.697. The van der Waals surface area contributed by atoms with Gasteiger partial charge in [-0.1, -0.05) is 18.2 Å². The second kappa shape index (κ2) is 8.26. The van der Waals surface area contributed by atoms with Crippen molar-refractivity contribution in [1.29, 1.82) is 0 Å². The first kappa shape index (κ1) is 20.3. The molecule has 0 atom stereocenters. The number of likely N-dealkylation sites (N-methyl/N-ethyl adjacent to an activating group) is 1. The van der Waals surface area contributed by atoms with E-state index >= 15 is 0 Å². The average Bonchev–Trinajstić information content (AvgIpc) is 2.68. The first-order valence-corrected chi connectivity index (χ1v) is 9.37. The molecule has 7 nitrogen and oxygen atoms in total. The molecule has 1 amide bonds. The van der Waals surface area contributed by atoms with Crippen molar-refractivity contribution in [1.82, 2.24) is 15.0 Å². The van der Waals surface area contributed by atoms with Crippen molar-refractivity contribution in [3.8, 4) is 11.4 Å². The van der Waals surface area contributed by atoms with Crippen molar-refractivity contribution in [3.63, 3.8) is 0 Å². The molecule has 0 saturated heterocycles. The van der Waals surface area contributed by atoms with E-state index in [0.29, 0.717) is 28.5 Å². The van der Waals surface area contributed by atoms with Gasteiger partial charge < -0.3 is 15.2 Å². The number of aromatic nitrogens is 3. The zero-order valence-electron chi connectivity index (χ0n) is 17.3. The van der Waals surface area contributed by atoms with Crippen LogP contribution in [0.2, 0.25) is 0 Å². The highest BCUT2D eigenvalue weighted by molar-refractivity contribution is 5.95. The van der Waals surface area contributed by atoms with Gasteiger partial charge in [-0.05, 0) is 51.0 Å². The second-order valence-electron chi connectivity index (χ2n) is 7.20. The van der Waals surface area contributed by atoms with E-state index in [1.807, 2.05) is 45.2 Å². The zero-order chi connectivity index (χ0) is 21.1. The van der Waals surface area contributed by atoms with Gasteiger partial charge in [0.2, 0.25) is 5.91 Å². The molecule has 0 spiro atoms. The number of para-hydroxylation sites is 1. The van der Waals surface area contributed by atoms with Crippen molar-refractivity contribution in [2.75, 3.05) is 23.8 Å². The van der Waals surface area contributed by atoms with Gasteiger partial charge in [0, 0.05) is 35.8 Å². The highest BCUT2D eigenvalue weighted by atomic mass is 16.2. The Kier molecular flexibility index (Phi) is 5.77. The fourth-order valence-corrected chi connectivity index (χ4v) is 3.02. The van der Waals surface area contributed by atoms with E-state index in [1.165, 1.54) is 0 Å². The number of amides is 1. The van der Waals surface area contributed by atoms with E-state index in [9.17, 15) is 9.59 Å². The Bertz CT molecular complexity index is 1080. The number of rotatable bonds is 5. The maximum absolute atomic E-state index is 12.5. The van der Waals surface area contributed by atoms with Gasteiger partial charge in [0.25, 0.3) is 5.56 Å². The molecule has 0 radical (unpaired) electrons. The summed E-state index contributed by atoms with van der Waals surface area (Å²) in [5.41, 5.74) is 4.75. The molecular formula is C22H25N5O2. The second-order valence-corrected chi connectivity index (χ2v) is 7.20. The number of anilines is 2. The molecule has 0 fully saturated rings. The number of pyridine rings is 1. The van der Waals surface area contributed by atoms with Crippen LogP contribution in [0.3, 0.4) is 0 Å². The smallest absolute Gasteiger partial charge is 0.254 e. The molecule has 7 heteroatoms. The maximum atomic E-state index is 12.5. The molecular weight excluding hydrogens is 366 g/mol. The van der Waals surface area contributed by atoms with Crippen molar-refractivity contribution in [2.45, 2.75) is 27.7 Å². The average molecular weight is 391 g/mol. The van der Waals surface area contributed by atoms with E-state index in [0.717, 1.165) is 16.8 Å². The summed E-state index contributed by atoms with van der Waals surface area (Å²) >= 11 is 0. The van der Waals surface area contributed by atoms with Crippen LogP contribution in [0.15, 0.2) is 41.3 Å². The monoisotopic (exact) mass is 391 g/mol. The Morgan fingerprint density at radius 1 is 1.10 bits per heavy atom. The summed E-state index contributed by atoms with van der Waals surface area (Å²) in [7, 11) is 1.81. The van der Waals surface area contributed by atoms with E-state index in [2.05, 4.69) is 20.3 Å². The van der Waals surface area contributed by atoms with Crippen molar-refractivity contribution >= 4 is 17.4 Å². The van der Waals surface area contributed by atoms with Crippen molar-refractivity contribution < 1.29 is 4.79 Å². The van der Waals surface area contributed by atoms with Gasteiger partial charge in [0.05, 0.1) is 6.54 Å². The summed E-state index contributed by atoms with van der Waals surface area (Å²) < 4.78 is 0. The number of hydrogen-bond donors (Lipinski definition) is 2. The van der Waals surface area contributed by atoms with E-state index in [4.69, 9.17) is 0 Å². The lowest BCUT2D eigenvalue weighted by Gasteiger charge is -2.19. The number of nitrogens with one attached hydrogen (secondary N) is 2. The van der Waals surface area contributed by atoms with E-state index in [1.54, 1.807) is 31.0 Å². The third kappa shape index (κ3) is 4.51. The Labute approximate surface area is 169 Å². The summed E-state index contributed by atoms with van der Waals surface area (Å²) in [5, 5.41) is 2.98. The van der Waals surface area contributed by atoms with Gasteiger partial charge >= 0.3 is 0 Å². The Morgan fingerprint density at radius 3 is 2.38 bits per heavy atom. The molecule has 0 bridgehead atoms. The number of aryl methyl sites for hydroxylation is 3. The predicted octanol–water partition coefficient (Wildman–Crippen LogP) is 3.14. The molecule has 2 aromatic heterocycles. The Balaban J connectivity index is 1.71. The standard InChI is InChI=1S/C22H25N5O2/c1-13-7-6-8-14(2)20(13)25-19(28)12-27(5)18-10-9-17(11-23-18)21-24-16(4)15(3)22(29)26-21/h6-11H,12H2,1-5H3,(H,25,28)(H,24,26,29). The van der Waals surface area contributed by atoms with E-state index in [-0.39, 0.29) is 18.0 Å². The van der Waals surface area contributed by atoms with Crippen LogP contribution in [-0.2, 0) is 4.79 Å². The van der Waals surface area contributed by atoms with Crippen LogP contribution in [0.4, 0.5) is 11.5 Å². The summed E-state index contributed by atoms with van der Waals surface area (Å²) in [6, 6.07) is 9.54. The zero-order valence-corrected chi connectivity index (χ0v) is 17.3. The van der Waals surface area contributed by atoms with Crippen molar-refractivity contribution in [3.05, 3.63) is 69.3 Å². The van der Waals surface area contributed by atoms with Crippen molar-refractivity contribution in [2.24, 2.45) is 0 Å². The molecule has 2 heterocycles. The molecule has 0 saturated carbocycles. The molecule has 0 aliphatic heterocycles. The lowest BCUT2D eigenvalue weighted by molar-refractivity contribution is -0.114. The highest BCUT2D eigenvalue weighted by Crippen LogP contribution is 2.20. The van der Waals surface area contributed by atoms with Crippen LogP contribution < -0.4 is 15.8 Å². The number of H-pyrrole nitrogens is 1. The van der Waals surface area contributed by atoms with Gasteiger partial charge in [-0.3, -0.25) is 9.59 Å². The number of hydrogen-bond acceptors (Lipinski definition) is 5. The molecule has 3 rings (SSSR count). The van der Waals surface area contributed by atoms with Gasteiger partial charge in [-0.15, -0.1) is 0 Å². The number of benzene rings is 1. The van der Waals surface area contributed by atoms with Gasteiger partial charge in [0.1, 0.15) is 11.6 Å². The summed E-state index contributed by atoms with van der Waals surface area (Å²) in [6.45, 7) is 7.65. The lowest BCUT2D eigenvalue weighted by atomic mass is 10.1. The molecule has 3 aromatic rings. The number of aromatic amines is 1.